The zero-order valence-corrected chi connectivity index (χ0v) is 11.1. The van der Waals surface area contributed by atoms with Crippen molar-refractivity contribution in [2.24, 2.45) is 11.8 Å². The van der Waals surface area contributed by atoms with Gasteiger partial charge >= 0.3 is 5.97 Å². The first-order chi connectivity index (χ1) is 9.04. The second-order valence-corrected chi connectivity index (χ2v) is 5.57. The molecule has 0 radical (unpaired) electrons. The normalized spacial score (nSPS) is 26.9. The van der Waals surface area contributed by atoms with Crippen LogP contribution in [0.4, 0.5) is 0 Å². The largest absolute Gasteiger partial charge is 0.481 e. The number of carboxylic acids is 1. The van der Waals surface area contributed by atoms with E-state index in [1.807, 2.05) is 19.1 Å². The summed E-state index contributed by atoms with van der Waals surface area (Å²) in [5, 5.41) is 9.32. The molecule has 1 aliphatic carbocycles. The SMILES string of the molecule is Cc1ccc2[nH]c(C3CC(C)CC3C(=O)O)nc2n1. The van der Waals surface area contributed by atoms with Gasteiger partial charge in [-0.25, -0.2) is 9.97 Å². The fourth-order valence-corrected chi connectivity index (χ4v) is 3.05. The van der Waals surface area contributed by atoms with Crippen LogP contribution in [0, 0.1) is 18.8 Å². The minimum Gasteiger partial charge on any atom is -0.481 e. The fourth-order valence-electron chi connectivity index (χ4n) is 3.05. The monoisotopic (exact) mass is 259 g/mol. The highest BCUT2D eigenvalue weighted by atomic mass is 16.4. The summed E-state index contributed by atoms with van der Waals surface area (Å²) in [5.41, 5.74) is 2.48. The van der Waals surface area contributed by atoms with Crippen LogP contribution in [0.3, 0.4) is 0 Å². The smallest absolute Gasteiger partial charge is 0.307 e. The molecule has 5 heteroatoms. The van der Waals surface area contributed by atoms with Gasteiger partial charge in [-0.15, -0.1) is 0 Å². The number of nitrogens with zero attached hydrogens (tertiary/aromatic N) is 2. The summed E-state index contributed by atoms with van der Waals surface area (Å²) in [5.74, 6) is 0.108. The van der Waals surface area contributed by atoms with Crippen LogP contribution in [0.2, 0.25) is 0 Å². The Morgan fingerprint density at radius 1 is 1.37 bits per heavy atom. The minimum absolute atomic E-state index is 0.0259. The van der Waals surface area contributed by atoms with E-state index in [4.69, 9.17) is 0 Å². The number of carbonyl (C=O) groups is 1. The summed E-state index contributed by atoms with van der Waals surface area (Å²) < 4.78 is 0. The number of fused-ring (bicyclic) bond motifs is 1. The Hall–Kier alpha value is -1.91. The van der Waals surface area contributed by atoms with Gasteiger partial charge in [-0.05, 0) is 37.8 Å². The average molecular weight is 259 g/mol. The topological polar surface area (TPSA) is 78.9 Å². The predicted octanol–water partition coefficient (Wildman–Crippen LogP) is 2.48. The van der Waals surface area contributed by atoms with Crippen LogP contribution >= 0.6 is 0 Å². The average Bonchev–Trinajstić information content (AvgIpc) is 2.91. The molecule has 3 atom stereocenters. The third-order valence-electron chi connectivity index (χ3n) is 3.97. The van der Waals surface area contributed by atoms with Crippen LogP contribution in [-0.4, -0.2) is 26.0 Å². The maximum Gasteiger partial charge on any atom is 0.307 e. The summed E-state index contributed by atoms with van der Waals surface area (Å²) >= 11 is 0. The number of H-pyrrole nitrogens is 1. The molecule has 0 bridgehead atoms. The van der Waals surface area contributed by atoms with Gasteiger partial charge in [0.15, 0.2) is 5.65 Å². The number of imidazole rings is 1. The highest BCUT2D eigenvalue weighted by Crippen LogP contribution is 2.42. The van der Waals surface area contributed by atoms with Crippen LogP contribution in [0.25, 0.3) is 11.2 Å². The predicted molar refractivity (Wildman–Crippen MR) is 70.9 cm³/mol. The summed E-state index contributed by atoms with van der Waals surface area (Å²) in [4.78, 5) is 23.4. The Balaban J connectivity index is 2.01. The molecule has 0 saturated heterocycles. The molecule has 0 aromatic carbocycles. The molecule has 1 aliphatic rings. The standard InChI is InChI=1S/C14H17N3O2/c1-7-5-9(10(6-7)14(18)19)12-16-11-4-3-8(2)15-13(11)17-12/h3-4,7,9-10H,5-6H2,1-2H3,(H,18,19)(H,15,16,17). The van der Waals surface area contributed by atoms with Crippen molar-refractivity contribution in [3.05, 3.63) is 23.7 Å². The number of carboxylic acid groups (broad SMARTS) is 1. The minimum atomic E-state index is -0.723. The van der Waals surface area contributed by atoms with Crippen LogP contribution in [0.1, 0.15) is 37.2 Å². The number of pyridine rings is 1. The van der Waals surface area contributed by atoms with E-state index in [0.717, 1.165) is 29.9 Å². The molecule has 5 nitrogen and oxygen atoms in total. The van der Waals surface area contributed by atoms with Crippen molar-refractivity contribution in [3.8, 4) is 0 Å². The summed E-state index contributed by atoms with van der Waals surface area (Å²) in [6.45, 7) is 4.02. The molecule has 2 aromatic heterocycles. The van der Waals surface area contributed by atoms with Crippen molar-refractivity contribution in [1.29, 1.82) is 0 Å². The number of hydrogen-bond acceptors (Lipinski definition) is 3. The fraction of sp³-hybridized carbons (Fsp3) is 0.500. The molecule has 2 N–H and O–H groups in total. The van der Waals surface area contributed by atoms with E-state index >= 15 is 0 Å². The highest BCUT2D eigenvalue weighted by Gasteiger charge is 2.39. The molecule has 100 valence electrons. The van der Waals surface area contributed by atoms with Gasteiger partial charge < -0.3 is 10.1 Å². The summed E-state index contributed by atoms with van der Waals surface area (Å²) in [6, 6.07) is 3.87. The lowest BCUT2D eigenvalue weighted by molar-refractivity contribution is -0.142. The first kappa shape index (κ1) is 12.1. The summed E-state index contributed by atoms with van der Waals surface area (Å²) in [7, 11) is 0. The number of aromatic nitrogens is 3. The number of hydrogen-bond donors (Lipinski definition) is 2. The van der Waals surface area contributed by atoms with Crippen LogP contribution < -0.4 is 0 Å². The zero-order chi connectivity index (χ0) is 13.6. The highest BCUT2D eigenvalue weighted by molar-refractivity contribution is 5.73. The van der Waals surface area contributed by atoms with Gasteiger partial charge in [0.2, 0.25) is 0 Å². The number of aryl methyl sites for hydroxylation is 1. The van der Waals surface area contributed by atoms with Gasteiger partial charge in [-0.1, -0.05) is 6.92 Å². The zero-order valence-electron chi connectivity index (χ0n) is 11.1. The molecule has 1 fully saturated rings. The van der Waals surface area contributed by atoms with Gasteiger partial charge in [0.25, 0.3) is 0 Å². The second kappa shape index (κ2) is 4.33. The van der Waals surface area contributed by atoms with Gasteiger partial charge in [-0.3, -0.25) is 4.79 Å². The molecule has 0 spiro atoms. The van der Waals surface area contributed by atoms with Gasteiger partial charge in [-0.2, -0.15) is 0 Å². The van der Waals surface area contributed by atoms with E-state index in [-0.39, 0.29) is 11.8 Å². The third-order valence-corrected chi connectivity index (χ3v) is 3.97. The lowest BCUT2D eigenvalue weighted by Crippen LogP contribution is -2.17. The van der Waals surface area contributed by atoms with Crippen molar-refractivity contribution in [3.63, 3.8) is 0 Å². The Kier molecular flexibility index (Phi) is 2.77. The lowest BCUT2D eigenvalue weighted by atomic mass is 9.96. The van der Waals surface area contributed by atoms with Gasteiger partial charge in [0, 0.05) is 11.6 Å². The van der Waals surface area contributed by atoms with Crippen molar-refractivity contribution in [1.82, 2.24) is 15.0 Å². The molecule has 2 aromatic rings. The quantitative estimate of drug-likeness (QED) is 0.868. The van der Waals surface area contributed by atoms with Crippen LogP contribution in [0.15, 0.2) is 12.1 Å². The van der Waals surface area contributed by atoms with E-state index in [2.05, 4.69) is 21.9 Å². The van der Waals surface area contributed by atoms with Crippen LogP contribution in [-0.2, 0) is 4.79 Å². The Labute approximate surface area is 111 Å². The Morgan fingerprint density at radius 3 is 2.89 bits per heavy atom. The number of nitrogens with one attached hydrogen (secondary N) is 1. The van der Waals surface area contributed by atoms with E-state index in [0.29, 0.717) is 11.6 Å². The van der Waals surface area contributed by atoms with E-state index in [9.17, 15) is 9.90 Å². The van der Waals surface area contributed by atoms with Crippen molar-refractivity contribution < 1.29 is 9.90 Å². The number of aromatic amines is 1. The second-order valence-electron chi connectivity index (χ2n) is 5.57. The van der Waals surface area contributed by atoms with Crippen molar-refractivity contribution in [2.75, 3.05) is 0 Å². The van der Waals surface area contributed by atoms with E-state index < -0.39 is 5.97 Å². The first-order valence-corrected chi connectivity index (χ1v) is 6.60. The third kappa shape index (κ3) is 2.09. The molecule has 3 unspecified atom stereocenters. The van der Waals surface area contributed by atoms with Gasteiger partial charge in [0.05, 0.1) is 11.4 Å². The van der Waals surface area contributed by atoms with E-state index in [1.165, 1.54) is 0 Å². The number of rotatable bonds is 2. The molecule has 3 rings (SSSR count). The Bertz CT molecular complexity index is 635. The lowest BCUT2D eigenvalue weighted by Gasteiger charge is -2.12. The van der Waals surface area contributed by atoms with Crippen LogP contribution in [0.5, 0.6) is 0 Å². The molecule has 1 saturated carbocycles. The molecule has 0 amide bonds. The van der Waals surface area contributed by atoms with Crippen molar-refractivity contribution >= 4 is 17.1 Å². The maximum absolute atomic E-state index is 11.3. The Morgan fingerprint density at radius 2 is 2.16 bits per heavy atom. The number of aliphatic carboxylic acids is 1. The molecular formula is C14H17N3O2. The van der Waals surface area contributed by atoms with Crippen molar-refractivity contribution in [2.45, 2.75) is 32.6 Å². The first-order valence-electron chi connectivity index (χ1n) is 6.60. The maximum atomic E-state index is 11.3. The molecule has 2 heterocycles. The van der Waals surface area contributed by atoms with E-state index in [1.54, 1.807) is 0 Å². The molecule has 0 aliphatic heterocycles. The van der Waals surface area contributed by atoms with Gasteiger partial charge in [0.1, 0.15) is 5.82 Å². The molecular weight excluding hydrogens is 242 g/mol. The molecule has 19 heavy (non-hydrogen) atoms. The summed E-state index contributed by atoms with van der Waals surface area (Å²) in [6.07, 6.45) is 1.60.